The summed E-state index contributed by atoms with van der Waals surface area (Å²) in [5, 5.41) is 8.37. The number of aryl methyl sites for hydroxylation is 2. The normalized spacial score (nSPS) is 12.5. The van der Waals surface area contributed by atoms with Crippen molar-refractivity contribution in [2.24, 2.45) is 7.05 Å². The van der Waals surface area contributed by atoms with Gasteiger partial charge in [-0.25, -0.2) is 4.98 Å². The summed E-state index contributed by atoms with van der Waals surface area (Å²) in [6.07, 6.45) is 1.62. The molecule has 0 aliphatic rings. The standard InChI is InChI=1S/C21H27N5O/c1-5-26(6-2)19(16-10-8-7-9-11-16)14-23-21(27)17-12-18-15(3)24-25(4)20(18)22-13-17/h7-13,19H,5-6,14H2,1-4H3,(H,23,27)/t19-/m1/s1. The van der Waals surface area contributed by atoms with Crippen molar-refractivity contribution in [2.75, 3.05) is 19.6 Å². The first-order valence-electron chi connectivity index (χ1n) is 9.41. The Morgan fingerprint density at radius 2 is 1.93 bits per heavy atom. The van der Waals surface area contributed by atoms with E-state index in [0.29, 0.717) is 12.1 Å². The van der Waals surface area contributed by atoms with Crippen LogP contribution in [0.25, 0.3) is 11.0 Å². The van der Waals surface area contributed by atoms with Gasteiger partial charge < -0.3 is 5.32 Å². The first kappa shape index (κ1) is 19.0. The van der Waals surface area contributed by atoms with Crippen molar-refractivity contribution < 1.29 is 4.79 Å². The molecule has 27 heavy (non-hydrogen) atoms. The van der Waals surface area contributed by atoms with Gasteiger partial charge in [0, 0.05) is 25.2 Å². The zero-order chi connectivity index (χ0) is 19.4. The average molecular weight is 365 g/mol. The number of aromatic nitrogens is 3. The predicted octanol–water partition coefficient (Wildman–Crippen LogP) is 3.09. The van der Waals surface area contributed by atoms with Crippen LogP contribution in [0.5, 0.6) is 0 Å². The number of amides is 1. The van der Waals surface area contributed by atoms with Gasteiger partial charge in [-0.05, 0) is 31.6 Å². The van der Waals surface area contributed by atoms with Gasteiger partial charge in [0.1, 0.15) is 0 Å². The van der Waals surface area contributed by atoms with Gasteiger partial charge in [-0.2, -0.15) is 5.10 Å². The number of benzene rings is 1. The fourth-order valence-corrected chi connectivity index (χ4v) is 3.52. The quantitative estimate of drug-likeness (QED) is 0.699. The molecule has 0 unspecified atom stereocenters. The number of carbonyl (C=O) groups is 1. The third-order valence-corrected chi connectivity index (χ3v) is 5.02. The van der Waals surface area contributed by atoms with E-state index in [2.05, 4.69) is 46.3 Å². The summed E-state index contributed by atoms with van der Waals surface area (Å²) < 4.78 is 1.73. The van der Waals surface area contributed by atoms with Crippen molar-refractivity contribution in [2.45, 2.75) is 26.8 Å². The fourth-order valence-electron chi connectivity index (χ4n) is 3.52. The van der Waals surface area contributed by atoms with Crippen molar-refractivity contribution in [3.63, 3.8) is 0 Å². The lowest BCUT2D eigenvalue weighted by atomic mass is 10.0. The summed E-state index contributed by atoms with van der Waals surface area (Å²) in [5.74, 6) is -0.110. The lowest BCUT2D eigenvalue weighted by molar-refractivity contribution is 0.0934. The van der Waals surface area contributed by atoms with Crippen molar-refractivity contribution in [3.05, 3.63) is 59.4 Å². The molecule has 1 aromatic carbocycles. The maximum atomic E-state index is 12.7. The van der Waals surface area contributed by atoms with Crippen LogP contribution in [0.2, 0.25) is 0 Å². The van der Waals surface area contributed by atoms with E-state index in [9.17, 15) is 4.79 Å². The number of nitrogens with one attached hydrogen (secondary N) is 1. The monoisotopic (exact) mass is 365 g/mol. The highest BCUT2D eigenvalue weighted by atomic mass is 16.1. The number of likely N-dealkylation sites (N-methyl/N-ethyl adjacent to an activating group) is 1. The van der Waals surface area contributed by atoms with Gasteiger partial charge in [0.2, 0.25) is 0 Å². The van der Waals surface area contributed by atoms with E-state index in [1.807, 2.05) is 38.2 Å². The summed E-state index contributed by atoms with van der Waals surface area (Å²) in [6.45, 7) is 8.61. The molecule has 0 spiro atoms. The van der Waals surface area contributed by atoms with Gasteiger partial charge in [-0.1, -0.05) is 44.2 Å². The van der Waals surface area contributed by atoms with Gasteiger partial charge >= 0.3 is 0 Å². The maximum absolute atomic E-state index is 12.7. The summed E-state index contributed by atoms with van der Waals surface area (Å²) in [7, 11) is 1.86. The first-order chi connectivity index (χ1) is 13.0. The molecule has 0 bridgehead atoms. The molecule has 0 fully saturated rings. The van der Waals surface area contributed by atoms with Crippen molar-refractivity contribution in [1.29, 1.82) is 0 Å². The minimum atomic E-state index is -0.110. The molecular formula is C21H27N5O. The number of hydrogen-bond acceptors (Lipinski definition) is 4. The predicted molar refractivity (Wildman–Crippen MR) is 108 cm³/mol. The van der Waals surface area contributed by atoms with Crippen LogP contribution in [-0.4, -0.2) is 45.2 Å². The maximum Gasteiger partial charge on any atom is 0.252 e. The summed E-state index contributed by atoms with van der Waals surface area (Å²) in [5.41, 5.74) is 3.43. The van der Waals surface area contributed by atoms with Crippen LogP contribution in [0, 0.1) is 6.92 Å². The van der Waals surface area contributed by atoms with Gasteiger partial charge in [-0.3, -0.25) is 14.4 Å². The number of rotatable bonds is 7. The Morgan fingerprint density at radius 3 is 2.59 bits per heavy atom. The number of fused-ring (bicyclic) bond motifs is 1. The van der Waals surface area contributed by atoms with Crippen LogP contribution < -0.4 is 5.32 Å². The molecular weight excluding hydrogens is 338 g/mol. The van der Waals surface area contributed by atoms with Crippen molar-refractivity contribution in [3.8, 4) is 0 Å². The van der Waals surface area contributed by atoms with E-state index in [0.717, 1.165) is 29.8 Å². The minimum absolute atomic E-state index is 0.110. The number of carbonyl (C=O) groups excluding carboxylic acids is 1. The Balaban J connectivity index is 1.78. The Kier molecular flexibility index (Phi) is 5.86. The van der Waals surface area contributed by atoms with Crippen LogP contribution in [0.1, 0.15) is 41.5 Å². The van der Waals surface area contributed by atoms with Crippen molar-refractivity contribution in [1.82, 2.24) is 25.0 Å². The van der Waals surface area contributed by atoms with Crippen LogP contribution in [0.3, 0.4) is 0 Å². The van der Waals surface area contributed by atoms with E-state index in [1.165, 1.54) is 5.56 Å². The van der Waals surface area contributed by atoms with E-state index < -0.39 is 0 Å². The molecule has 0 aliphatic heterocycles. The molecule has 2 heterocycles. The second-order valence-electron chi connectivity index (χ2n) is 6.66. The molecule has 3 aromatic rings. The summed E-state index contributed by atoms with van der Waals surface area (Å²) in [6, 6.07) is 12.3. The van der Waals surface area contributed by atoms with E-state index >= 15 is 0 Å². The Hall–Kier alpha value is -2.73. The van der Waals surface area contributed by atoms with Crippen LogP contribution in [-0.2, 0) is 7.05 Å². The van der Waals surface area contributed by atoms with Gasteiger partial charge in [0.05, 0.1) is 17.3 Å². The zero-order valence-corrected chi connectivity index (χ0v) is 16.4. The molecule has 1 amide bonds. The molecule has 1 N–H and O–H groups in total. The van der Waals surface area contributed by atoms with Crippen LogP contribution >= 0.6 is 0 Å². The van der Waals surface area contributed by atoms with E-state index in [4.69, 9.17) is 0 Å². The zero-order valence-electron chi connectivity index (χ0n) is 16.4. The average Bonchev–Trinajstić information content (AvgIpc) is 2.99. The molecule has 142 valence electrons. The van der Waals surface area contributed by atoms with Crippen molar-refractivity contribution >= 4 is 16.9 Å². The first-order valence-corrected chi connectivity index (χ1v) is 9.41. The minimum Gasteiger partial charge on any atom is -0.350 e. The van der Waals surface area contributed by atoms with E-state index in [-0.39, 0.29) is 11.9 Å². The SMILES string of the molecule is CCN(CC)[C@H](CNC(=O)c1cnc2c(c1)c(C)nn2C)c1ccccc1. The molecule has 0 saturated heterocycles. The molecule has 2 aromatic heterocycles. The van der Waals surface area contributed by atoms with Gasteiger partial charge in [-0.15, -0.1) is 0 Å². The largest absolute Gasteiger partial charge is 0.350 e. The molecule has 0 saturated carbocycles. The molecule has 6 nitrogen and oxygen atoms in total. The topological polar surface area (TPSA) is 63.1 Å². The Morgan fingerprint density at radius 1 is 1.22 bits per heavy atom. The Bertz CT molecular complexity index is 915. The molecule has 1 atom stereocenters. The number of pyridine rings is 1. The third-order valence-electron chi connectivity index (χ3n) is 5.02. The molecule has 6 heteroatoms. The third kappa shape index (κ3) is 4.01. The molecule has 3 rings (SSSR count). The highest BCUT2D eigenvalue weighted by molar-refractivity contribution is 5.97. The molecule has 0 aliphatic carbocycles. The van der Waals surface area contributed by atoms with Crippen LogP contribution in [0.15, 0.2) is 42.6 Å². The summed E-state index contributed by atoms with van der Waals surface area (Å²) in [4.78, 5) is 19.5. The van der Waals surface area contributed by atoms with Gasteiger partial charge in [0.15, 0.2) is 5.65 Å². The van der Waals surface area contributed by atoms with Crippen LogP contribution in [0.4, 0.5) is 0 Å². The second-order valence-corrected chi connectivity index (χ2v) is 6.66. The highest BCUT2D eigenvalue weighted by Gasteiger charge is 2.19. The summed E-state index contributed by atoms with van der Waals surface area (Å²) >= 11 is 0. The smallest absolute Gasteiger partial charge is 0.252 e. The second kappa shape index (κ2) is 8.31. The number of hydrogen-bond donors (Lipinski definition) is 1. The fraction of sp³-hybridized carbons (Fsp3) is 0.381. The van der Waals surface area contributed by atoms with E-state index in [1.54, 1.807) is 10.9 Å². The lowest BCUT2D eigenvalue weighted by Gasteiger charge is -2.30. The molecule has 0 radical (unpaired) electrons. The lowest BCUT2D eigenvalue weighted by Crippen LogP contribution is -2.38. The van der Waals surface area contributed by atoms with Gasteiger partial charge in [0.25, 0.3) is 5.91 Å². The highest BCUT2D eigenvalue weighted by Crippen LogP contribution is 2.20. The number of nitrogens with zero attached hydrogens (tertiary/aromatic N) is 4. The Labute approximate surface area is 160 Å².